The lowest BCUT2D eigenvalue weighted by molar-refractivity contribution is -0.118. The van der Waals surface area contributed by atoms with E-state index < -0.39 is 0 Å². The molecule has 4 aromatic rings. The molecule has 0 fully saturated rings. The fraction of sp³-hybridized carbons (Fsp3) is 0.136. The second-order valence-electron chi connectivity index (χ2n) is 6.63. The predicted molar refractivity (Wildman–Crippen MR) is 120 cm³/mol. The Morgan fingerprint density at radius 3 is 2.68 bits per heavy atom. The number of benzene rings is 2. The molecular weight excluding hydrogens is 438 g/mol. The number of amides is 1. The number of aryl methyl sites for hydroxylation is 1. The summed E-state index contributed by atoms with van der Waals surface area (Å²) in [7, 11) is 0. The SMILES string of the molecule is Cc1cn2c(=O)cc(COc3ccccc3NC(=O)COc3ccccc3Cl)nc2s1. The third-order valence-corrected chi connectivity index (χ3v) is 5.48. The number of thiazole rings is 1. The molecule has 1 amide bonds. The van der Waals surface area contributed by atoms with Crippen molar-refractivity contribution in [2.24, 2.45) is 0 Å². The smallest absolute Gasteiger partial charge is 0.262 e. The Morgan fingerprint density at radius 1 is 1.13 bits per heavy atom. The van der Waals surface area contributed by atoms with Gasteiger partial charge in [0.1, 0.15) is 18.1 Å². The van der Waals surface area contributed by atoms with Crippen LogP contribution in [0.15, 0.2) is 65.6 Å². The average Bonchev–Trinajstić information content (AvgIpc) is 3.13. The van der Waals surface area contributed by atoms with Crippen molar-refractivity contribution >= 4 is 39.5 Å². The normalized spacial score (nSPS) is 10.8. The van der Waals surface area contributed by atoms with Crippen molar-refractivity contribution in [3.63, 3.8) is 0 Å². The first kappa shape index (κ1) is 20.9. The molecule has 0 atom stereocenters. The maximum absolute atomic E-state index is 12.3. The van der Waals surface area contributed by atoms with Crippen LogP contribution in [0, 0.1) is 6.92 Å². The van der Waals surface area contributed by atoms with Gasteiger partial charge in [-0.2, -0.15) is 0 Å². The molecule has 0 bridgehead atoms. The number of para-hydroxylation sites is 3. The first-order valence-corrected chi connectivity index (χ1v) is 10.6. The summed E-state index contributed by atoms with van der Waals surface area (Å²) in [5.74, 6) is 0.529. The van der Waals surface area contributed by atoms with E-state index in [-0.39, 0.29) is 24.7 Å². The first-order valence-electron chi connectivity index (χ1n) is 9.37. The summed E-state index contributed by atoms with van der Waals surface area (Å²) in [4.78, 5) is 30.6. The van der Waals surface area contributed by atoms with Crippen LogP contribution in [-0.2, 0) is 11.4 Å². The number of halogens is 1. The van der Waals surface area contributed by atoms with Crippen LogP contribution in [-0.4, -0.2) is 21.9 Å². The van der Waals surface area contributed by atoms with E-state index in [2.05, 4.69) is 10.3 Å². The highest BCUT2D eigenvalue weighted by Crippen LogP contribution is 2.26. The highest BCUT2D eigenvalue weighted by molar-refractivity contribution is 7.16. The second-order valence-corrected chi connectivity index (χ2v) is 8.25. The minimum absolute atomic E-state index is 0.0890. The molecule has 0 saturated carbocycles. The molecule has 9 heteroatoms. The van der Waals surface area contributed by atoms with Gasteiger partial charge < -0.3 is 14.8 Å². The number of rotatable bonds is 7. The highest BCUT2D eigenvalue weighted by atomic mass is 35.5. The third-order valence-electron chi connectivity index (χ3n) is 4.27. The van der Waals surface area contributed by atoms with E-state index in [0.29, 0.717) is 32.9 Å². The first-order chi connectivity index (χ1) is 15.0. The van der Waals surface area contributed by atoms with E-state index in [0.717, 1.165) is 4.88 Å². The van der Waals surface area contributed by atoms with E-state index in [1.165, 1.54) is 21.8 Å². The summed E-state index contributed by atoms with van der Waals surface area (Å²) in [6.45, 7) is 1.81. The lowest BCUT2D eigenvalue weighted by Crippen LogP contribution is -2.20. The van der Waals surface area contributed by atoms with Crippen molar-refractivity contribution in [1.82, 2.24) is 9.38 Å². The summed E-state index contributed by atoms with van der Waals surface area (Å²) < 4.78 is 12.8. The molecule has 4 rings (SSSR count). The summed E-state index contributed by atoms with van der Waals surface area (Å²) >= 11 is 7.47. The maximum Gasteiger partial charge on any atom is 0.262 e. The number of nitrogens with zero attached hydrogens (tertiary/aromatic N) is 2. The van der Waals surface area contributed by atoms with E-state index in [9.17, 15) is 9.59 Å². The van der Waals surface area contributed by atoms with Gasteiger partial charge in [-0.3, -0.25) is 14.0 Å². The molecule has 2 aromatic carbocycles. The van der Waals surface area contributed by atoms with Crippen molar-refractivity contribution < 1.29 is 14.3 Å². The summed E-state index contributed by atoms with van der Waals surface area (Å²) in [6, 6.07) is 15.4. The fourth-order valence-corrected chi connectivity index (χ4v) is 3.91. The van der Waals surface area contributed by atoms with Crippen molar-refractivity contribution in [3.05, 3.63) is 86.7 Å². The number of anilines is 1. The van der Waals surface area contributed by atoms with Crippen molar-refractivity contribution in [2.75, 3.05) is 11.9 Å². The Kier molecular flexibility index (Phi) is 6.20. The van der Waals surface area contributed by atoms with Crippen LogP contribution >= 0.6 is 22.9 Å². The van der Waals surface area contributed by atoms with Gasteiger partial charge in [0.15, 0.2) is 11.6 Å². The highest BCUT2D eigenvalue weighted by Gasteiger charge is 2.11. The third kappa shape index (κ3) is 5.04. The number of nitrogens with one attached hydrogen (secondary N) is 1. The summed E-state index contributed by atoms with van der Waals surface area (Å²) in [5.41, 5.74) is 0.835. The molecule has 0 saturated heterocycles. The van der Waals surface area contributed by atoms with Crippen LogP contribution in [0.2, 0.25) is 5.02 Å². The maximum atomic E-state index is 12.3. The molecular formula is C22H18ClN3O4S. The van der Waals surface area contributed by atoms with Crippen molar-refractivity contribution in [1.29, 1.82) is 0 Å². The summed E-state index contributed by atoms with van der Waals surface area (Å²) in [5, 5.41) is 3.20. The van der Waals surface area contributed by atoms with Gasteiger partial charge in [-0.05, 0) is 31.2 Å². The van der Waals surface area contributed by atoms with Gasteiger partial charge in [0.2, 0.25) is 0 Å². The molecule has 1 N–H and O–H groups in total. The Balaban J connectivity index is 1.42. The van der Waals surface area contributed by atoms with Crippen LogP contribution in [0.3, 0.4) is 0 Å². The summed E-state index contributed by atoms with van der Waals surface area (Å²) in [6.07, 6.45) is 1.76. The van der Waals surface area contributed by atoms with Crippen LogP contribution < -0.4 is 20.3 Å². The van der Waals surface area contributed by atoms with Crippen LogP contribution in [0.4, 0.5) is 5.69 Å². The number of carbonyl (C=O) groups is 1. The number of ether oxygens (including phenoxy) is 2. The minimum atomic E-state index is -0.359. The molecule has 2 heterocycles. The van der Waals surface area contributed by atoms with Gasteiger partial charge in [0, 0.05) is 17.1 Å². The van der Waals surface area contributed by atoms with E-state index >= 15 is 0 Å². The Bertz CT molecular complexity index is 1300. The number of carbonyl (C=O) groups excluding carboxylic acids is 1. The molecule has 0 aliphatic carbocycles. The zero-order valence-electron chi connectivity index (χ0n) is 16.5. The van der Waals surface area contributed by atoms with E-state index in [4.69, 9.17) is 21.1 Å². The quantitative estimate of drug-likeness (QED) is 0.449. The van der Waals surface area contributed by atoms with E-state index in [1.54, 1.807) is 54.7 Å². The Morgan fingerprint density at radius 2 is 1.87 bits per heavy atom. The van der Waals surface area contributed by atoms with Crippen LogP contribution in [0.5, 0.6) is 11.5 Å². The van der Waals surface area contributed by atoms with Gasteiger partial charge in [-0.15, -0.1) is 11.3 Å². The zero-order valence-corrected chi connectivity index (χ0v) is 18.1. The molecule has 0 unspecified atom stereocenters. The second kappa shape index (κ2) is 9.20. The molecule has 0 aliphatic rings. The van der Waals surface area contributed by atoms with Crippen molar-refractivity contribution in [3.8, 4) is 11.5 Å². The van der Waals surface area contributed by atoms with Crippen LogP contribution in [0.1, 0.15) is 10.6 Å². The number of fused-ring (bicyclic) bond motifs is 1. The molecule has 31 heavy (non-hydrogen) atoms. The Labute approximate surface area is 186 Å². The number of aromatic nitrogens is 2. The fourth-order valence-electron chi connectivity index (χ4n) is 2.87. The molecule has 0 radical (unpaired) electrons. The topological polar surface area (TPSA) is 81.9 Å². The van der Waals surface area contributed by atoms with Crippen molar-refractivity contribution in [2.45, 2.75) is 13.5 Å². The van der Waals surface area contributed by atoms with Gasteiger partial charge in [-0.25, -0.2) is 4.98 Å². The van der Waals surface area contributed by atoms with Gasteiger partial charge >= 0.3 is 0 Å². The lowest BCUT2D eigenvalue weighted by atomic mass is 10.3. The monoisotopic (exact) mass is 455 g/mol. The van der Waals surface area contributed by atoms with Gasteiger partial charge in [0.05, 0.1) is 16.4 Å². The van der Waals surface area contributed by atoms with Gasteiger partial charge in [-0.1, -0.05) is 35.9 Å². The minimum Gasteiger partial charge on any atom is -0.485 e. The number of hydrogen-bond donors (Lipinski definition) is 1. The van der Waals surface area contributed by atoms with Gasteiger partial charge in [0.25, 0.3) is 11.5 Å². The molecule has 0 spiro atoms. The molecule has 158 valence electrons. The Hall–Kier alpha value is -3.36. The largest absolute Gasteiger partial charge is 0.485 e. The lowest BCUT2D eigenvalue weighted by Gasteiger charge is -2.13. The molecule has 0 aliphatic heterocycles. The zero-order chi connectivity index (χ0) is 21.8. The molecule has 7 nitrogen and oxygen atoms in total. The average molecular weight is 456 g/mol. The van der Waals surface area contributed by atoms with Crippen LogP contribution in [0.25, 0.3) is 4.96 Å². The van der Waals surface area contributed by atoms with E-state index in [1.807, 2.05) is 6.92 Å². The predicted octanol–water partition coefficient (Wildman–Crippen LogP) is 4.31. The number of hydrogen-bond acceptors (Lipinski definition) is 6. The molecule has 2 aromatic heterocycles. The standard InChI is InChI=1S/C22H18ClN3O4S/c1-14-11-26-21(28)10-15(24-22(26)31-14)12-29-19-9-5-3-7-17(19)25-20(27)13-30-18-8-4-2-6-16(18)23/h2-11H,12-13H2,1H3,(H,25,27).